The molecule has 1 aromatic carbocycles. The van der Waals surface area contributed by atoms with Gasteiger partial charge in [0.15, 0.2) is 5.44 Å². The summed E-state index contributed by atoms with van der Waals surface area (Å²) in [6.07, 6.45) is -0.328. The fraction of sp³-hybridized carbons (Fsp3) is 0.300. The molecule has 1 fully saturated rings. The number of carbonyl (C=O) groups excluding carboxylic acids is 1. The summed E-state index contributed by atoms with van der Waals surface area (Å²) < 4.78 is 5.09. The first-order valence-corrected chi connectivity index (χ1v) is 5.32. The molecule has 3 nitrogen and oxygen atoms in total. The monoisotopic (exact) mass is 209 g/mol. The average molecular weight is 209 g/mol. The highest BCUT2D eigenvalue weighted by molar-refractivity contribution is 7.99. The summed E-state index contributed by atoms with van der Waals surface area (Å²) in [6, 6.07) is 9.97. The maximum Gasteiger partial charge on any atom is 0.408 e. The summed E-state index contributed by atoms with van der Waals surface area (Å²) in [4.78, 5) is 12.0. The topological polar surface area (TPSA) is 38.3 Å². The van der Waals surface area contributed by atoms with Gasteiger partial charge in [0, 0.05) is 4.90 Å². The van der Waals surface area contributed by atoms with Crippen molar-refractivity contribution >= 4 is 17.9 Å². The first-order chi connectivity index (χ1) is 6.75. The lowest BCUT2D eigenvalue weighted by molar-refractivity contribution is 0.167. The Labute approximate surface area is 86.8 Å². The van der Waals surface area contributed by atoms with Crippen molar-refractivity contribution in [2.24, 2.45) is 0 Å². The number of alkyl carbamates (subject to hydrolysis) is 1. The molecule has 0 aromatic heterocycles. The molecular formula is C10H11NO2S. The summed E-state index contributed by atoms with van der Waals surface area (Å²) in [6.45, 7) is 1.94. The van der Waals surface area contributed by atoms with Crippen LogP contribution in [-0.4, -0.2) is 17.6 Å². The van der Waals surface area contributed by atoms with E-state index in [1.165, 1.54) is 0 Å². The van der Waals surface area contributed by atoms with Crippen LogP contribution in [0.3, 0.4) is 0 Å². The molecule has 0 bridgehead atoms. The van der Waals surface area contributed by atoms with E-state index >= 15 is 0 Å². The lowest BCUT2D eigenvalue weighted by Crippen LogP contribution is -2.25. The summed E-state index contributed by atoms with van der Waals surface area (Å²) in [5.41, 5.74) is -0.120. The van der Waals surface area contributed by atoms with Crippen LogP contribution in [0.2, 0.25) is 0 Å². The van der Waals surface area contributed by atoms with Gasteiger partial charge in [0.25, 0.3) is 0 Å². The molecule has 14 heavy (non-hydrogen) atoms. The van der Waals surface area contributed by atoms with E-state index in [9.17, 15) is 4.79 Å². The third-order valence-electron chi connectivity index (χ3n) is 1.97. The number of thioether (sulfide) groups is 1. The number of carbonyl (C=O) groups is 1. The van der Waals surface area contributed by atoms with Gasteiger partial charge in [0.1, 0.15) is 0 Å². The van der Waals surface area contributed by atoms with Crippen LogP contribution in [-0.2, 0) is 4.74 Å². The van der Waals surface area contributed by atoms with Gasteiger partial charge in [0.2, 0.25) is 0 Å². The summed E-state index contributed by atoms with van der Waals surface area (Å²) in [5.74, 6) is 0. The van der Waals surface area contributed by atoms with Gasteiger partial charge >= 0.3 is 6.09 Å². The van der Waals surface area contributed by atoms with Crippen LogP contribution < -0.4 is 5.32 Å². The fourth-order valence-electron chi connectivity index (χ4n) is 1.25. The Morgan fingerprint density at radius 3 is 2.64 bits per heavy atom. The standard InChI is InChI=1S/C10H11NO2S/c1-7-9(13-10(12)11-7)14-8-5-3-2-4-6-8/h2-7,9H,1H3,(H,11,12). The quantitative estimate of drug-likeness (QED) is 0.811. The summed E-state index contributed by atoms with van der Waals surface area (Å²) >= 11 is 1.56. The van der Waals surface area contributed by atoms with Crippen molar-refractivity contribution in [2.45, 2.75) is 23.3 Å². The third-order valence-corrected chi connectivity index (χ3v) is 3.25. The number of rotatable bonds is 2. The van der Waals surface area contributed by atoms with Crippen molar-refractivity contribution in [3.8, 4) is 0 Å². The van der Waals surface area contributed by atoms with Gasteiger partial charge in [-0.2, -0.15) is 0 Å². The van der Waals surface area contributed by atoms with Crippen LogP contribution in [0.5, 0.6) is 0 Å². The molecule has 0 spiro atoms. The summed E-state index contributed by atoms with van der Waals surface area (Å²) in [5, 5.41) is 2.71. The minimum atomic E-state index is -0.328. The van der Waals surface area contributed by atoms with Crippen molar-refractivity contribution in [1.29, 1.82) is 0 Å². The Morgan fingerprint density at radius 2 is 2.07 bits per heavy atom. The van der Waals surface area contributed by atoms with E-state index in [2.05, 4.69) is 5.32 Å². The highest BCUT2D eigenvalue weighted by atomic mass is 32.2. The number of hydrogen-bond acceptors (Lipinski definition) is 3. The molecule has 0 aliphatic carbocycles. The molecule has 2 atom stereocenters. The van der Waals surface area contributed by atoms with Crippen LogP contribution in [0.25, 0.3) is 0 Å². The second kappa shape index (κ2) is 3.92. The minimum Gasteiger partial charge on any atom is -0.433 e. The van der Waals surface area contributed by atoms with Crippen molar-refractivity contribution in [3.63, 3.8) is 0 Å². The molecule has 2 rings (SSSR count). The van der Waals surface area contributed by atoms with Gasteiger partial charge in [-0.15, -0.1) is 0 Å². The van der Waals surface area contributed by atoms with E-state index in [-0.39, 0.29) is 17.6 Å². The Kier molecular flexibility index (Phi) is 2.63. The Bertz CT molecular complexity index is 328. The van der Waals surface area contributed by atoms with Crippen LogP contribution >= 0.6 is 11.8 Å². The normalized spacial score (nSPS) is 25.6. The molecule has 1 aliphatic rings. The van der Waals surface area contributed by atoms with Gasteiger partial charge in [-0.1, -0.05) is 30.0 Å². The highest BCUT2D eigenvalue weighted by Gasteiger charge is 2.30. The number of nitrogens with one attached hydrogen (secondary N) is 1. The smallest absolute Gasteiger partial charge is 0.408 e. The number of hydrogen-bond donors (Lipinski definition) is 1. The molecular weight excluding hydrogens is 198 g/mol. The number of cyclic esters (lactones) is 1. The van der Waals surface area contributed by atoms with Gasteiger partial charge in [-0.3, -0.25) is 0 Å². The molecule has 1 heterocycles. The molecule has 1 N–H and O–H groups in total. The van der Waals surface area contributed by atoms with Crippen molar-refractivity contribution < 1.29 is 9.53 Å². The van der Waals surface area contributed by atoms with E-state index in [0.717, 1.165) is 4.90 Å². The number of amides is 1. The average Bonchev–Trinajstić information content (AvgIpc) is 2.47. The molecule has 1 aromatic rings. The molecule has 0 radical (unpaired) electrons. The summed E-state index contributed by atoms with van der Waals surface area (Å²) in [7, 11) is 0. The Morgan fingerprint density at radius 1 is 1.36 bits per heavy atom. The predicted octanol–water partition coefficient (Wildman–Crippen LogP) is 2.23. The van der Waals surface area contributed by atoms with E-state index in [4.69, 9.17) is 4.74 Å². The molecule has 74 valence electrons. The fourth-order valence-corrected chi connectivity index (χ4v) is 2.25. The SMILES string of the molecule is CC1NC(=O)OC1Sc1ccccc1. The van der Waals surface area contributed by atoms with Gasteiger partial charge in [-0.25, -0.2) is 4.79 Å². The van der Waals surface area contributed by atoms with E-state index in [1.807, 2.05) is 37.3 Å². The van der Waals surface area contributed by atoms with E-state index in [0.29, 0.717) is 0 Å². The van der Waals surface area contributed by atoms with E-state index < -0.39 is 0 Å². The van der Waals surface area contributed by atoms with Gasteiger partial charge in [0.05, 0.1) is 6.04 Å². The van der Waals surface area contributed by atoms with Crippen LogP contribution in [0.4, 0.5) is 4.79 Å². The molecule has 4 heteroatoms. The van der Waals surface area contributed by atoms with Crippen molar-refractivity contribution in [3.05, 3.63) is 30.3 Å². The Balaban J connectivity index is 2.02. The van der Waals surface area contributed by atoms with Crippen LogP contribution in [0, 0.1) is 0 Å². The number of ether oxygens (including phenoxy) is 1. The van der Waals surface area contributed by atoms with Crippen LogP contribution in [0.1, 0.15) is 6.92 Å². The lowest BCUT2D eigenvalue weighted by atomic mass is 10.4. The zero-order chi connectivity index (χ0) is 9.97. The van der Waals surface area contributed by atoms with Crippen LogP contribution in [0.15, 0.2) is 35.2 Å². The second-order valence-corrected chi connectivity index (χ2v) is 4.31. The highest BCUT2D eigenvalue weighted by Crippen LogP contribution is 2.28. The van der Waals surface area contributed by atoms with Gasteiger partial charge in [-0.05, 0) is 19.1 Å². The molecule has 1 amide bonds. The zero-order valence-corrected chi connectivity index (χ0v) is 8.58. The second-order valence-electron chi connectivity index (χ2n) is 3.14. The maximum absolute atomic E-state index is 10.9. The largest absolute Gasteiger partial charge is 0.433 e. The maximum atomic E-state index is 10.9. The van der Waals surface area contributed by atoms with Gasteiger partial charge < -0.3 is 10.1 Å². The first kappa shape index (κ1) is 9.40. The van der Waals surface area contributed by atoms with E-state index in [1.54, 1.807) is 11.8 Å². The lowest BCUT2D eigenvalue weighted by Gasteiger charge is -2.11. The third kappa shape index (κ3) is 2.01. The zero-order valence-electron chi connectivity index (χ0n) is 7.77. The minimum absolute atomic E-state index is 0.0627. The van der Waals surface area contributed by atoms with Crippen molar-refractivity contribution in [1.82, 2.24) is 5.32 Å². The number of benzene rings is 1. The van der Waals surface area contributed by atoms with Crippen molar-refractivity contribution in [2.75, 3.05) is 0 Å². The predicted molar refractivity (Wildman–Crippen MR) is 55.2 cm³/mol. The molecule has 0 saturated carbocycles. The molecule has 1 aliphatic heterocycles. The molecule has 1 saturated heterocycles. The molecule has 2 unspecified atom stereocenters. The Hall–Kier alpha value is -1.16. The first-order valence-electron chi connectivity index (χ1n) is 4.44.